The molecule has 6 heteroatoms. The van der Waals surface area contributed by atoms with Crippen molar-refractivity contribution in [3.8, 4) is 17.6 Å². The van der Waals surface area contributed by atoms with Crippen LogP contribution in [0.2, 0.25) is 0 Å². The Labute approximate surface area is 158 Å². The van der Waals surface area contributed by atoms with Gasteiger partial charge in [0.1, 0.15) is 11.6 Å². The maximum Gasteiger partial charge on any atom is 0.263 e. The van der Waals surface area contributed by atoms with Gasteiger partial charge in [-0.2, -0.15) is 5.26 Å². The molecule has 3 rings (SSSR count). The number of hydrogen-bond acceptors (Lipinski definition) is 5. The van der Waals surface area contributed by atoms with Crippen LogP contribution in [0.1, 0.15) is 16.7 Å². The summed E-state index contributed by atoms with van der Waals surface area (Å²) in [7, 11) is 0. The Morgan fingerprint density at radius 1 is 1.19 bits per heavy atom. The fraction of sp³-hybridized carbons (Fsp3) is 0.238. The van der Waals surface area contributed by atoms with E-state index in [1.165, 1.54) is 17.3 Å². The molecule has 0 saturated carbocycles. The molecule has 1 aliphatic heterocycles. The molecule has 2 N–H and O–H groups in total. The van der Waals surface area contributed by atoms with Crippen LogP contribution in [0.5, 0.6) is 11.5 Å². The zero-order valence-electron chi connectivity index (χ0n) is 15.1. The Morgan fingerprint density at radius 3 is 2.85 bits per heavy atom. The van der Waals surface area contributed by atoms with E-state index in [-0.39, 0.29) is 12.4 Å². The minimum Gasteiger partial charge on any atom is -0.454 e. The van der Waals surface area contributed by atoms with Crippen molar-refractivity contribution in [1.82, 2.24) is 10.6 Å². The highest BCUT2D eigenvalue weighted by Gasteiger charge is 2.14. The molecule has 1 amide bonds. The highest BCUT2D eigenvalue weighted by molar-refractivity contribution is 5.97. The van der Waals surface area contributed by atoms with Crippen LogP contribution >= 0.6 is 0 Å². The largest absolute Gasteiger partial charge is 0.454 e. The van der Waals surface area contributed by atoms with E-state index in [2.05, 4.69) is 35.8 Å². The van der Waals surface area contributed by atoms with Gasteiger partial charge in [-0.05, 0) is 36.6 Å². The summed E-state index contributed by atoms with van der Waals surface area (Å²) in [4.78, 5) is 12.2. The van der Waals surface area contributed by atoms with Crippen molar-refractivity contribution in [2.75, 3.05) is 13.3 Å². The maximum atomic E-state index is 12.2. The molecule has 0 fully saturated rings. The van der Waals surface area contributed by atoms with Gasteiger partial charge in [-0.15, -0.1) is 0 Å². The van der Waals surface area contributed by atoms with Crippen LogP contribution in [-0.4, -0.2) is 19.2 Å². The van der Waals surface area contributed by atoms with Gasteiger partial charge >= 0.3 is 0 Å². The number of ether oxygens (including phenoxy) is 2. The van der Waals surface area contributed by atoms with Gasteiger partial charge in [-0.1, -0.05) is 35.9 Å². The van der Waals surface area contributed by atoms with E-state index in [0.29, 0.717) is 24.6 Å². The monoisotopic (exact) mass is 363 g/mol. The van der Waals surface area contributed by atoms with Gasteiger partial charge in [0.2, 0.25) is 6.79 Å². The number of amides is 1. The lowest BCUT2D eigenvalue weighted by molar-refractivity contribution is -0.117. The van der Waals surface area contributed by atoms with Gasteiger partial charge in [0.05, 0.1) is 0 Å². The Morgan fingerprint density at radius 2 is 2.04 bits per heavy atom. The van der Waals surface area contributed by atoms with Crippen LogP contribution in [0.4, 0.5) is 0 Å². The summed E-state index contributed by atoms with van der Waals surface area (Å²) in [6, 6.07) is 15.6. The normalized spacial score (nSPS) is 12.4. The predicted molar refractivity (Wildman–Crippen MR) is 101 cm³/mol. The van der Waals surface area contributed by atoms with Gasteiger partial charge in [-0.25, -0.2) is 0 Å². The van der Waals surface area contributed by atoms with Crippen molar-refractivity contribution in [2.45, 2.75) is 19.9 Å². The summed E-state index contributed by atoms with van der Waals surface area (Å²) < 4.78 is 10.6. The van der Waals surface area contributed by atoms with Crippen LogP contribution in [0.15, 0.2) is 54.2 Å². The van der Waals surface area contributed by atoms with Gasteiger partial charge in [0, 0.05) is 19.3 Å². The van der Waals surface area contributed by atoms with Crippen LogP contribution in [0, 0.1) is 18.3 Å². The average molecular weight is 363 g/mol. The maximum absolute atomic E-state index is 12.2. The summed E-state index contributed by atoms with van der Waals surface area (Å²) in [6.45, 7) is 3.21. The molecule has 0 radical (unpaired) electrons. The average Bonchev–Trinajstić information content (AvgIpc) is 3.14. The number of nitriles is 1. The second-order valence-electron chi connectivity index (χ2n) is 6.23. The minimum absolute atomic E-state index is 0.0417. The highest BCUT2D eigenvalue weighted by atomic mass is 16.7. The number of carbonyl (C=O) groups excluding carboxylic acids is 1. The molecule has 0 saturated heterocycles. The number of aryl methyl sites for hydroxylation is 1. The molecule has 2 aromatic carbocycles. The van der Waals surface area contributed by atoms with Crippen molar-refractivity contribution in [1.29, 1.82) is 5.26 Å². The van der Waals surface area contributed by atoms with E-state index < -0.39 is 5.91 Å². The van der Waals surface area contributed by atoms with Crippen molar-refractivity contribution in [3.05, 3.63) is 70.9 Å². The Kier molecular flexibility index (Phi) is 5.95. The lowest BCUT2D eigenvalue weighted by Crippen LogP contribution is -2.25. The van der Waals surface area contributed by atoms with Crippen LogP contribution in [-0.2, 0) is 17.8 Å². The topological polar surface area (TPSA) is 83.4 Å². The van der Waals surface area contributed by atoms with Crippen LogP contribution in [0.3, 0.4) is 0 Å². The summed E-state index contributed by atoms with van der Waals surface area (Å²) in [6.07, 6.45) is 2.28. The summed E-state index contributed by atoms with van der Waals surface area (Å²) >= 11 is 0. The SMILES string of the molecule is Cc1cccc(CCN/C=C(/C#N)C(=O)NCc2ccc3c(c2)OCO3)c1. The number of nitrogens with one attached hydrogen (secondary N) is 2. The fourth-order valence-electron chi connectivity index (χ4n) is 2.74. The van der Waals surface area contributed by atoms with E-state index in [1.54, 1.807) is 6.07 Å². The van der Waals surface area contributed by atoms with E-state index >= 15 is 0 Å². The first-order chi connectivity index (χ1) is 13.2. The Hall–Kier alpha value is -3.46. The standard InChI is InChI=1S/C21H21N3O3/c1-15-3-2-4-16(9-15)7-8-23-13-18(11-22)21(25)24-12-17-5-6-19-20(10-17)27-14-26-19/h2-6,9-10,13,23H,7-8,12,14H2,1H3,(H,24,25)/b18-13-. The molecule has 6 nitrogen and oxygen atoms in total. The van der Waals surface area contributed by atoms with Crippen LogP contribution in [0.25, 0.3) is 0 Å². The van der Waals surface area contributed by atoms with Gasteiger partial charge in [0.25, 0.3) is 5.91 Å². The molecule has 2 aromatic rings. The lowest BCUT2D eigenvalue weighted by Gasteiger charge is -2.07. The van der Waals surface area contributed by atoms with Crippen molar-refractivity contribution in [3.63, 3.8) is 0 Å². The van der Waals surface area contributed by atoms with Gasteiger partial charge in [0.15, 0.2) is 11.5 Å². The number of rotatable bonds is 7. The van der Waals surface area contributed by atoms with E-state index in [9.17, 15) is 10.1 Å². The molecule has 0 spiro atoms. The van der Waals surface area contributed by atoms with E-state index in [1.807, 2.05) is 24.3 Å². The summed E-state index contributed by atoms with van der Waals surface area (Å²) in [5.74, 6) is 0.939. The Balaban J connectivity index is 1.48. The molecule has 27 heavy (non-hydrogen) atoms. The molecular formula is C21H21N3O3. The molecule has 1 heterocycles. The number of carbonyl (C=O) groups is 1. The number of benzene rings is 2. The second kappa shape index (κ2) is 8.77. The second-order valence-corrected chi connectivity index (χ2v) is 6.23. The quantitative estimate of drug-likeness (QED) is 0.449. The predicted octanol–water partition coefficient (Wildman–Crippen LogP) is 2.58. The third-order valence-corrected chi connectivity index (χ3v) is 4.14. The minimum atomic E-state index is -0.418. The zero-order valence-corrected chi connectivity index (χ0v) is 15.1. The van der Waals surface area contributed by atoms with Crippen molar-refractivity contribution in [2.24, 2.45) is 0 Å². The van der Waals surface area contributed by atoms with Crippen LogP contribution < -0.4 is 20.1 Å². The molecule has 0 aromatic heterocycles. The van der Waals surface area contributed by atoms with Gasteiger partial charge < -0.3 is 20.1 Å². The smallest absolute Gasteiger partial charge is 0.263 e. The van der Waals surface area contributed by atoms with Crippen molar-refractivity contribution >= 4 is 5.91 Å². The van der Waals surface area contributed by atoms with E-state index in [0.717, 1.165) is 12.0 Å². The molecule has 0 aliphatic carbocycles. The third kappa shape index (κ3) is 5.02. The highest BCUT2D eigenvalue weighted by Crippen LogP contribution is 2.32. The molecule has 0 unspecified atom stereocenters. The first kappa shape index (κ1) is 18.3. The van der Waals surface area contributed by atoms with Gasteiger partial charge in [-0.3, -0.25) is 4.79 Å². The number of hydrogen-bond donors (Lipinski definition) is 2. The molecule has 0 bridgehead atoms. The Bertz CT molecular complexity index is 900. The fourth-order valence-corrected chi connectivity index (χ4v) is 2.74. The van der Waals surface area contributed by atoms with E-state index in [4.69, 9.17) is 9.47 Å². The molecule has 138 valence electrons. The zero-order chi connectivity index (χ0) is 19.1. The lowest BCUT2D eigenvalue weighted by atomic mass is 10.1. The summed E-state index contributed by atoms with van der Waals surface area (Å²) in [5.41, 5.74) is 3.34. The number of nitrogens with zero attached hydrogens (tertiary/aromatic N) is 1. The first-order valence-corrected chi connectivity index (χ1v) is 8.71. The molecule has 0 atom stereocenters. The third-order valence-electron chi connectivity index (χ3n) is 4.14. The molecular weight excluding hydrogens is 342 g/mol. The number of fused-ring (bicyclic) bond motifs is 1. The van der Waals surface area contributed by atoms with Crippen molar-refractivity contribution < 1.29 is 14.3 Å². The first-order valence-electron chi connectivity index (χ1n) is 8.71. The summed E-state index contributed by atoms with van der Waals surface area (Å²) in [5, 5.41) is 15.0. The molecule has 1 aliphatic rings.